The van der Waals surface area contributed by atoms with Crippen molar-refractivity contribution in [1.29, 1.82) is 0 Å². The molecule has 4 atom stereocenters. The smallest absolute Gasteiger partial charge is 0.309 e. The monoisotopic (exact) mass is 442 g/mol. The summed E-state index contributed by atoms with van der Waals surface area (Å²) in [5, 5.41) is 10.7. The zero-order valence-electron chi connectivity index (χ0n) is 18.4. The summed E-state index contributed by atoms with van der Waals surface area (Å²) >= 11 is 6.13. The predicted octanol–water partition coefficient (Wildman–Crippen LogP) is 6.24. The maximum absolute atomic E-state index is 12.2. The Morgan fingerprint density at radius 2 is 1.94 bits per heavy atom. The molecule has 0 unspecified atom stereocenters. The fourth-order valence-electron chi connectivity index (χ4n) is 5.11. The SMILES string of the molecule is CCCc1ccc2c(c1)[C@H]1O[C@@H](CCc3cccc(Cl)c3)[C@H](C(=O)O)C[C@@H]1C(C)(C)O2. The molecule has 5 heteroatoms. The summed E-state index contributed by atoms with van der Waals surface area (Å²) < 4.78 is 13.0. The summed E-state index contributed by atoms with van der Waals surface area (Å²) in [6.07, 6.45) is 3.49. The van der Waals surface area contributed by atoms with Gasteiger partial charge in [-0.2, -0.15) is 0 Å². The number of aryl methyl sites for hydroxylation is 2. The van der Waals surface area contributed by atoms with Gasteiger partial charge in [0, 0.05) is 16.5 Å². The van der Waals surface area contributed by atoms with Crippen molar-refractivity contribution in [3.63, 3.8) is 0 Å². The van der Waals surface area contributed by atoms with Crippen molar-refractivity contribution in [2.45, 2.75) is 70.7 Å². The second kappa shape index (κ2) is 8.84. The van der Waals surface area contributed by atoms with Crippen LogP contribution in [0.4, 0.5) is 0 Å². The normalized spacial score (nSPS) is 26.5. The number of hydrogen-bond acceptors (Lipinski definition) is 3. The van der Waals surface area contributed by atoms with Crippen LogP contribution >= 0.6 is 11.6 Å². The molecular weight excluding hydrogens is 412 g/mol. The van der Waals surface area contributed by atoms with Crippen molar-refractivity contribution in [3.05, 3.63) is 64.2 Å². The first-order valence-electron chi connectivity index (χ1n) is 11.2. The standard InChI is InChI=1S/C26H31ClO4/c1-4-6-16-10-12-23-19(14-16)24-21(26(2,3)31-23)15-20(25(28)29)22(30-24)11-9-17-7-5-8-18(27)13-17/h5,7-8,10,12-14,20-22,24H,4,6,9,11,15H2,1-3H3,(H,28,29)/t20-,21+,22+,24-/m1/s1. The van der Waals surface area contributed by atoms with Crippen LogP contribution in [0, 0.1) is 11.8 Å². The van der Waals surface area contributed by atoms with Crippen LogP contribution in [-0.4, -0.2) is 22.8 Å². The second-order valence-corrected chi connectivity index (χ2v) is 9.81. The molecule has 0 radical (unpaired) electrons. The lowest BCUT2D eigenvalue weighted by Crippen LogP contribution is -2.52. The lowest BCUT2D eigenvalue weighted by atomic mass is 9.71. The van der Waals surface area contributed by atoms with E-state index in [1.807, 2.05) is 44.2 Å². The molecule has 2 aromatic carbocycles. The van der Waals surface area contributed by atoms with Crippen LogP contribution < -0.4 is 4.74 Å². The largest absolute Gasteiger partial charge is 0.487 e. The molecule has 4 nitrogen and oxygen atoms in total. The van der Waals surface area contributed by atoms with Gasteiger partial charge in [0.1, 0.15) is 11.4 Å². The molecule has 1 N–H and O–H groups in total. The van der Waals surface area contributed by atoms with Gasteiger partial charge in [0.05, 0.1) is 18.1 Å². The number of rotatable bonds is 6. The molecule has 2 heterocycles. The van der Waals surface area contributed by atoms with Gasteiger partial charge in [-0.05, 0) is 74.9 Å². The Morgan fingerprint density at radius 1 is 1.16 bits per heavy atom. The number of hydrogen-bond donors (Lipinski definition) is 1. The van der Waals surface area contributed by atoms with Gasteiger partial charge in [-0.1, -0.05) is 43.1 Å². The Kier molecular flexibility index (Phi) is 6.32. The zero-order chi connectivity index (χ0) is 22.2. The van der Waals surface area contributed by atoms with E-state index in [-0.39, 0.29) is 18.1 Å². The molecule has 0 spiro atoms. The van der Waals surface area contributed by atoms with Gasteiger partial charge in [-0.3, -0.25) is 4.79 Å². The quantitative estimate of drug-likeness (QED) is 0.575. The molecule has 0 aromatic heterocycles. The van der Waals surface area contributed by atoms with Gasteiger partial charge in [-0.15, -0.1) is 0 Å². The maximum Gasteiger partial charge on any atom is 0.309 e. The van der Waals surface area contributed by atoms with E-state index in [2.05, 4.69) is 19.1 Å². The van der Waals surface area contributed by atoms with Crippen molar-refractivity contribution in [1.82, 2.24) is 0 Å². The van der Waals surface area contributed by atoms with Crippen LogP contribution in [0.1, 0.15) is 62.8 Å². The second-order valence-electron chi connectivity index (χ2n) is 9.38. The van der Waals surface area contributed by atoms with Crippen LogP contribution in [-0.2, 0) is 22.4 Å². The Hall–Kier alpha value is -2.04. The molecule has 2 aliphatic heterocycles. The van der Waals surface area contributed by atoms with Crippen molar-refractivity contribution in [2.75, 3.05) is 0 Å². The van der Waals surface area contributed by atoms with E-state index in [0.29, 0.717) is 17.9 Å². The molecule has 2 aliphatic rings. The van der Waals surface area contributed by atoms with Gasteiger partial charge in [0.15, 0.2) is 0 Å². The first kappa shape index (κ1) is 22.2. The van der Waals surface area contributed by atoms with Crippen LogP contribution in [0.2, 0.25) is 5.02 Å². The summed E-state index contributed by atoms with van der Waals surface area (Å²) in [5.41, 5.74) is 2.94. The minimum absolute atomic E-state index is 0.0135. The van der Waals surface area contributed by atoms with Gasteiger partial charge < -0.3 is 14.6 Å². The minimum Gasteiger partial charge on any atom is -0.487 e. The molecule has 1 saturated heterocycles. The van der Waals surface area contributed by atoms with Gasteiger partial charge in [-0.25, -0.2) is 0 Å². The van der Waals surface area contributed by atoms with Crippen molar-refractivity contribution < 1.29 is 19.4 Å². The maximum atomic E-state index is 12.2. The average Bonchev–Trinajstić information content (AvgIpc) is 2.72. The number of benzene rings is 2. The van der Waals surface area contributed by atoms with Gasteiger partial charge >= 0.3 is 5.97 Å². The fourth-order valence-corrected chi connectivity index (χ4v) is 5.33. The molecular formula is C26H31ClO4. The highest BCUT2D eigenvalue weighted by Crippen LogP contribution is 2.52. The molecule has 0 saturated carbocycles. The number of ether oxygens (including phenoxy) is 2. The fraction of sp³-hybridized carbons (Fsp3) is 0.500. The van der Waals surface area contributed by atoms with Crippen LogP contribution in [0.25, 0.3) is 0 Å². The molecule has 166 valence electrons. The highest BCUT2D eigenvalue weighted by molar-refractivity contribution is 6.30. The zero-order valence-corrected chi connectivity index (χ0v) is 19.2. The highest BCUT2D eigenvalue weighted by atomic mass is 35.5. The third kappa shape index (κ3) is 4.61. The van der Waals surface area contributed by atoms with E-state index in [0.717, 1.165) is 36.1 Å². The Morgan fingerprint density at radius 3 is 2.65 bits per heavy atom. The van der Waals surface area contributed by atoms with Crippen LogP contribution in [0.5, 0.6) is 5.75 Å². The van der Waals surface area contributed by atoms with E-state index >= 15 is 0 Å². The Bertz CT molecular complexity index is 954. The first-order chi connectivity index (χ1) is 14.8. The van der Waals surface area contributed by atoms with Gasteiger partial charge in [0.2, 0.25) is 0 Å². The van der Waals surface area contributed by atoms with E-state index < -0.39 is 17.5 Å². The molecule has 31 heavy (non-hydrogen) atoms. The summed E-state index contributed by atoms with van der Waals surface area (Å²) in [6.45, 7) is 6.26. The number of carbonyl (C=O) groups is 1. The lowest BCUT2D eigenvalue weighted by molar-refractivity contribution is -0.188. The number of aliphatic carboxylic acids is 1. The molecule has 4 rings (SSSR count). The molecule has 0 amide bonds. The summed E-state index contributed by atoms with van der Waals surface area (Å²) in [5.74, 6) is -0.506. The number of halogens is 1. The minimum atomic E-state index is -0.795. The lowest BCUT2D eigenvalue weighted by Gasteiger charge is -2.50. The number of fused-ring (bicyclic) bond motifs is 3. The van der Waals surface area contributed by atoms with Crippen molar-refractivity contribution >= 4 is 17.6 Å². The topological polar surface area (TPSA) is 55.8 Å². The predicted molar refractivity (Wildman–Crippen MR) is 122 cm³/mol. The van der Waals surface area contributed by atoms with E-state index in [1.165, 1.54) is 5.56 Å². The Labute approximate surface area is 189 Å². The Balaban J connectivity index is 1.63. The van der Waals surface area contributed by atoms with Crippen LogP contribution in [0.15, 0.2) is 42.5 Å². The van der Waals surface area contributed by atoms with E-state index in [9.17, 15) is 9.90 Å². The molecule has 1 fully saturated rings. The van der Waals surface area contributed by atoms with Gasteiger partial charge in [0.25, 0.3) is 0 Å². The summed E-state index contributed by atoms with van der Waals surface area (Å²) in [4.78, 5) is 12.2. The van der Waals surface area contributed by atoms with Crippen molar-refractivity contribution in [3.8, 4) is 5.75 Å². The number of carboxylic acids is 1. The molecule has 0 bridgehead atoms. The van der Waals surface area contributed by atoms with Crippen molar-refractivity contribution in [2.24, 2.45) is 11.8 Å². The average molecular weight is 443 g/mol. The summed E-state index contributed by atoms with van der Waals surface area (Å²) in [7, 11) is 0. The van der Waals surface area contributed by atoms with Crippen LogP contribution in [0.3, 0.4) is 0 Å². The number of carboxylic acid groups (broad SMARTS) is 1. The molecule has 0 aliphatic carbocycles. The highest BCUT2D eigenvalue weighted by Gasteiger charge is 2.51. The summed E-state index contributed by atoms with van der Waals surface area (Å²) in [6, 6.07) is 14.1. The van der Waals surface area contributed by atoms with E-state index in [4.69, 9.17) is 21.1 Å². The third-order valence-electron chi connectivity index (χ3n) is 6.75. The van der Waals surface area contributed by atoms with E-state index in [1.54, 1.807) is 0 Å². The third-order valence-corrected chi connectivity index (χ3v) is 6.99. The first-order valence-corrected chi connectivity index (χ1v) is 11.6. The molecule has 2 aromatic rings.